The van der Waals surface area contributed by atoms with Gasteiger partial charge in [-0.05, 0) is 18.2 Å². The van der Waals surface area contributed by atoms with Crippen molar-refractivity contribution in [1.82, 2.24) is 0 Å². The molecule has 2 aliphatic rings. The SMILES string of the molecule is NC(=NCc1cccc2c1OCO2)Nc1ccc2c(c1)OCCCO2. The van der Waals surface area contributed by atoms with Crippen molar-refractivity contribution in [3.8, 4) is 23.0 Å². The third-order valence-electron chi connectivity index (χ3n) is 3.92. The van der Waals surface area contributed by atoms with Gasteiger partial charge in [0.1, 0.15) is 0 Å². The second-order valence-corrected chi connectivity index (χ2v) is 5.69. The Hall–Kier alpha value is -3.09. The van der Waals surface area contributed by atoms with Crippen LogP contribution in [0.3, 0.4) is 0 Å². The minimum absolute atomic E-state index is 0.237. The minimum atomic E-state index is 0.237. The lowest BCUT2D eigenvalue weighted by Gasteiger charge is -2.11. The summed E-state index contributed by atoms with van der Waals surface area (Å²) in [5.74, 6) is 3.24. The van der Waals surface area contributed by atoms with E-state index in [2.05, 4.69) is 10.3 Å². The number of hydrogen-bond acceptors (Lipinski definition) is 5. The highest BCUT2D eigenvalue weighted by atomic mass is 16.7. The molecule has 7 heteroatoms. The molecule has 25 heavy (non-hydrogen) atoms. The van der Waals surface area contributed by atoms with Crippen molar-refractivity contribution in [2.45, 2.75) is 13.0 Å². The fourth-order valence-corrected chi connectivity index (χ4v) is 2.71. The van der Waals surface area contributed by atoms with Crippen molar-refractivity contribution in [2.75, 3.05) is 25.3 Å². The van der Waals surface area contributed by atoms with Crippen LogP contribution in [-0.2, 0) is 6.54 Å². The van der Waals surface area contributed by atoms with Gasteiger partial charge in [0.05, 0.1) is 19.8 Å². The highest BCUT2D eigenvalue weighted by molar-refractivity contribution is 5.92. The van der Waals surface area contributed by atoms with E-state index in [1.54, 1.807) is 0 Å². The minimum Gasteiger partial charge on any atom is -0.490 e. The molecule has 0 aliphatic carbocycles. The normalized spacial score (nSPS) is 15.6. The van der Waals surface area contributed by atoms with E-state index >= 15 is 0 Å². The molecule has 0 spiro atoms. The quantitative estimate of drug-likeness (QED) is 0.659. The summed E-state index contributed by atoms with van der Waals surface area (Å²) in [4.78, 5) is 4.37. The van der Waals surface area contributed by atoms with Gasteiger partial charge >= 0.3 is 0 Å². The number of nitrogens with zero attached hydrogens (tertiary/aromatic N) is 1. The van der Waals surface area contributed by atoms with Gasteiger partial charge in [0, 0.05) is 23.7 Å². The zero-order valence-corrected chi connectivity index (χ0v) is 13.7. The van der Waals surface area contributed by atoms with Gasteiger partial charge in [-0.15, -0.1) is 0 Å². The predicted molar refractivity (Wildman–Crippen MR) is 93.6 cm³/mol. The second-order valence-electron chi connectivity index (χ2n) is 5.69. The number of anilines is 1. The Balaban J connectivity index is 1.45. The monoisotopic (exact) mass is 341 g/mol. The van der Waals surface area contributed by atoms with Crippen LogP contribution in [-0.4, -0.2) is 26.0 Å². The first kappa shape index (κ1) is 15.4. The Bertz CT molecular complexity index is 807. The highest BCUT2D eigenvalue weighted by Crippen LogP contribution is 2.35. The number of nitrogens with two attached hydrogens (primary N) is 1. The van der Waals surface area contributed by atoms with Gasteiger partial charge in [-0.2, -0.15) is 0 Å². The summed E-state index contributed by atoms with van der Waals surface area (Å²) in [5.41, 5.74) is 7.72. The molecule has 0 unspecified atom stereocenters. The largest absolute Gasteiger partial charge is 0.490 e. The first-order valence-electron chi connectivity index (χ1n) is 8.14. The van der Waals surface area contributed by atoms with Crippen molar-refractivity contribution in [3.63, 3.8) is 0 Å². The van der Waals surface area contributed by atoms with Gasteiger partial charge in [-0.3, -0.25) is 0 Å². The van der Waals surface area contributed by atoms with Gasteiger partial charge in [-0.1, -0.05) is 12.1 Å². The molecule has 4 rings (SSSR count). The van der Waals surface area contributed by atoms with Crippen LogP contribution < -0.4 is 30.0 Å². The first-order valence-corrected chi connectivity index (χ1v) is 8.14. The molecule has 2 aliphatic heterocycles. The molecule has 2 aromatic rings. The molecule has 2 aromatic carbocycles. The van der Waals surface area contributed by atoms with Gasteiger partial charge in [0.15, 0.2) is 29.0 Å². The number of ether oxygens (including phenoxy) is 4. The summed E-state index contributed by atoms with van der Waals surface area (Å²) in [5, 5.41) is 3.07. The number of hydrogen-bond donors (Lipinski definition) is 2. The number of benzene rings is 2. The van der Waals surface area contributed by atoms with E-state index in [1.165, 1.54) is 0 Å². The Morgan fingerprint density at radius 3 is 2.80 bits per heavy atom. The Morgan fingerprint density at radius 1 is 1.00 bits per heavy atom. The van der Waals surface area contributed by atoms with Crippen LogP contribution in [0.25, 0.3) is 0 Å². The molecule has 3 N–H and O–H groups in total. The number of rotatable bonds is 3. The molecule has 7 nitrogen and oxygen atoms in total. The zero-order valence-electron chi connectivity index (χ0n) is 13.7. The van der Waals surface area contributed by atoms with E-state index in [0.29, 0.717) is 31.5 Å². The summed E-state index contributed by atoms with van der Waals surface area (Å²) >= 11 is 0. The molecule has 0 radical (unpaired) electrons. The first-order chi connectivity index (χ1) is 12.3. The lowest BCUT2D eigenvalue weighted by Crippen LogP contribution is -2.22. The molecule has 2 heterocycles. The zero-order chi connectivity index (χ0) is 17.1. The van der Waals surface area contributed by atoms with E-state index in [4.69, 9.17) is 24.7 Å². The number of fused-ring (bicyclic) bond motifs is 2. The fourth-order valence-electron chi connectivity index (χ4n) is 2.71. The maximum absolute atomic E-state index is 6.00. The van der Waals surface area contributed by atoms with E-state index < -0.39 is 0 Å². The fraction of sp³-hybridized carbons (Fsp3) is 0.278. The smallest absolute Gasteiger partial charge is 0.231 e. The second kappa shape index (κ2) is 6.80. The number of para-hydroxylation sites is 1. The van der Waals surface area contributed by atoms with E-state index in [0.717, 1.165) is 34.9 Å². The predicted octanol–water partition coefficient (Wildman–Crippen LogP) is 2.50. The van der Waals surface area contributed by atoms with Gasteiger partial charge in [0.2, 0.25) is 6.79 Å². The molecule has 0 saturated heterocycles. The molecule has 0 bridgehead atoms. The van der Waals surface area contributed by atoms with Gasteiger partial charge in [-0.25, -0.2) is 4.99 Å². The average Bonchev–Trinajstić information content (AvgIpc) is 2.99. The van der Waals surface area contributed by atoms with Crippen LogP contribution in [0, 0.1) is 0 Å². The van der Waals surface area contributed by atoms with Crippen LogP contribution >= 0.6 is 0 Å². The third-order valence-corrected chi connectivity index (χ3v) is 3.92. The van der Waals surface area contributed by atoms with Crippen molar-refractivity contribution in [3.05, 3.63) is 42.0 Å². The number of guanidine groups is 1. The highest BCUT2D eigenvalue weighted by Gasteiger charge is 2.16. The van der Waals surface area contributed by atoms with Crippen LogP contribution in [0.4, 0.5) is 5.69 Å². The van der Waals surface area contributed by atoms with Crippen LogP contribution in [0.2, 0.25) is 0 Å². The van der Waals surface area contributed by atoms with Crippen molar-refractivity contribution < 1.29 is 18.9 Å². The summed E-state index contributed by atoms with van der Waals surface area (Å²) in [6.07, 6.45) is 0.869. The van der Waals surface area contributed by atoms with Crippen molar-refractivity contribution in [2.24, 2.45) is 10.7 Å². The topological polar surface area (TPSA) is 87.3 Å². The number of nitrogens with one attached hydrogen (secondary N) is 1. The lowest BCUT2D eigenvalue weighted by molar-refractivity contribution is 0.173. The molecule has 0 aromatic heterocycles. The Morgan fingerprint density at radius 2 is 1.88 bits per heavy atom. The lowest BCUT2D eigenvalue weighted by atomic mass is 10.2. The van der Waals surface area contributed by atoms with E-state index in [9.17, 15) is 0 Å². The van der Waals surface area contributed by atoms with Crippen LogP contribution in [0.5, 0.6) is 23.0 Å². The standard InChI is InChI=1S/C18H19N3O4/c19-18(20-10-12-3-1-4-15-17(12)25-11-24-15)21-13-5-6-14-16(9-13)23-8-2-7-22-14/h1,3-6,9H,2,7-8,10-11H2,(H3,19,20,21). The Labute approximate surface area is 145 Å². The Kier molecular flexibility index (Phi) is 4.20. The maximum Gasteiger partial charge on any atom is 0.231 e. The van der Waals surface area contributed by atoms with E-state index in [-0.39, 0.29) is 6.79 Å². The van der Waals surface area contributed by atoms with Crippen LogP contribution in [0.15, 0.2) is 41.4 Å². The molecular formula is C18H19N3O4. The summed E-state index contributed by atoms with van der Waals surface area (Å²) < 4.78 is 22.1. The van der Waals surface area contributed by atoms with Gasteiger partial charge in [0.25, 0.3) is 0 Å². The van der Waals surface area contributed by atoms with Crippen molar-refractivity contribution >= 4 is 11.6 Å². The maximum atomic E-state index is 6.00. The van der Waals surface area contributed by atoms with E-state index in [1.807, 2.05) is 36.4 Å². The number of aliphatic imine (C=N–C) groups is 1. The van der Waals surface area contributed by atoms with Gasteiger partial charge < -0.3 is 30.0 Å². The van der Waals surface area contributed by atoms with Crippen LogP contribution in [0.1, 0.15) is 12.0 Å². The molecule has 130 valence electrons. The molecular weight excluding hydrogens is 322 g/mol. The molecule has 0 saturated carbocycles. The average molecular weight is 341 g/mol. The summed E-state index contributed by atoms with van der Waals surface area (Å²) in [6, 6.07) is 11.3. The van der Waals surface area contributed by atoms with Crippen molar-refractivity contribution in [1.29, 1.82) is 0 Å². The summed E-state index contributed by atoms with van der Waals surface area (Å²) in [6.45, 7) is 1.94. The molecule has 0 fully saturated rings. The summed E-state index contributed by atoms with van der Waals surface area (Å²) in [7, 11) is 0. The third kappa shape index (κ3) is 3.40. The molecule has 0 amide bonds. The molecule has 0 atom stereocenters.